The molecule has 1 unspecified atom stereocenters. The lowest BCUT2D eigenvalue weighted by atomic mass is 9.94. The minimum atomic E-state index is -0.860. The van der Waals surface area contributed by atoms with E-state index in [-0.39, 0.29) is 5.91 Å². The van der Waals surface area contributed by atoms with Crippen molar-refractivity contribution in [1.82, 2.24) is 4.90 Å². The summed E-state index contributed by atoms with van der Waals surface area (Å²) in [4.78, 5) is 13.8. The Morgan fingerprint density at radius 1 is 1.60 bits per heavy atom. The molecule has 84 valence electrons. The van der Waals surface area contributed by atoms with Crippen LogP contribution in [0.25, 0.3) is 0 Å². The van der Waals surface area contributed by atoms with Gasteiger partial charge in [0.25, 0.3) is 0 Å². The van der Waals surface area contributed by atoms with Crippen molar-refractivity contribution in [2.24, 2.45) is 11.3 Å². The summed E-state index contributed by atoms with van der Waals surface area (Å²) < 4.78 is 0. The van der Waals surface area contributed by atoms with E-state index in [1.54, 1.807) is 13.8 Å². The standard InChI is InChI=1S/C12H20N2O/c1-4-5-10-6-7-14(8-10)11(15)12(2,3)9-13/h10H,4-8H2,1-3H3. The second kappa shape index (κ2) is 4.65. The normalized spacial score (nSPS) is 21.5. The Kier molecular flexibility index (Phi) is 3.73. The van der Waals surface area contributed by atoms with Crippen molar-refractivity contribution in [3.05, 3.63) is 0 Å². The molecule has 0 spiro atoms. The molecule has 3 nitrogen and oxygen atoms in total. The predicted octanol–water partition coefficient (Wildman–Crippen LogP) is 2.18. The molecule has 0 saturated carbocycles. The van der Waals surface area contributed by atoms with Crippen molar-refractivity contribution in [2.45, 2.75) is 40.0 Å². The van der Waals surface area contributed by atoms with Gasteiger partial charge in [-0.05, 0) is 32.6 Å². The van der Waals surface area contributed by atoms with Gasteiger partial charge in [-0.25, -0.2) is 0 Å². The van der Waals surface area contributed by atoms with Gasteiger partial charge in [-0.3, -0.25) is 4.79 Å². The molecule has 1 aliphatic heterocycles. The Labute approximate surface area is 92.1 Å². The van der Waals surface area contributed by atoms with Crippen LogP contribution in [0.1, 0.15) is 40.0 Å². The van der Waals surface area contributed by atoms with Crippen molar-refractivity contribution in [2.75, 3.05) is 13.1 Å². The zero-order valence-electron chi connectivity index (χ0n) is 9.92. The van der Waals surface area contributed by atoms with E-state index in [0.717, 1.165) is 19.5 Å². The smallest absolute Gasteiger partial charge is 0.242 e. The summed E-state index contributed by atoms with van der Waals surface area (Å²) >= 11 is 0. The minimum absolute atomic E-state index is 0.0106. The zero-order chi connectivity index (χ0) is 11.5. The van der Waals surface area contributed by atoms with Gasteiger partial charge >= 0.3 is 0 Å². The maximum absolute atomic E-state index is 12.0. The van der Waals surface area contributed by atoms with Crippen LogP contribution >= 0.6 is 0 Å². The molecule has 0 aromatic heterocycles. The van der Waals surface area contributed by atoms with E-state index < -0.39 is 5.41 Å². The predicted molar refractivity (Wildman–Crippen MR) is 59.0 cm³/mol. The van der Waals surface area contributed by atoms with Gasteiger partial charge in [0.15, 0.2) is 0 Å². The molecule has 1 saturated heterocycles. The van der Waals surface area contributed by atoms with Crippen LogP contribution in [0.2, 0.25) is 0 Å². The number of amides is 1. The zero-order valence-corrected chi connectivity index (χ0v) is 9.92. The van der Waals surface area contributed by atoms with Gasteiger partial charge in [0, 0.05) is 13.1 Å². The van der Waals surface area contributed by atoms with Crippen LogP contribution in [0, 0.1) is 22.7 Å². The summed E-state index contributed by atoms with van der Waals surface area (Å²) in [5.74, 6) is 0.636. The van der Waals surface area contributed by atoms with E-state index in [0.29, 0.717) is 5.92 Å². The highest BCUT2D eigenvalue weighted by Gasteiger charge is 2.35. The number of nitrogens with zero attached hydrogens (tertiary/aromatic N) is 2. The van der Waals surface area contributed by atoms with Crippen molar-refractivity contribution in [3.63, 3.8) is 0 Å². The first-order valence-corrected chi connectivity index (χ1v) is 5.72. The number of nitriles is 1. The average Bonchev–Trinajstić information content (AvgIpc) is 2.66. The lowest BCUT2D eigenvalue weighted by Gasteiger charge is -2.23. The van der Waals surface area contributed by atoms with Gasteiger partial charge < -0.3 is 4.90 Å². The maximum Gasteiger partial charge on any atom is 0.242 e. The summed E-state index contributed by atoms with van der Waals surface area (Å²) in [5.41, 5.74) is -0.860. The van der Waals surface area contributed by atoms with Crippen molar-refractivity contribution in [3.8, 4) is 6.07 Å². The molecule has 1 aliphatic rings. The summed E-state index contributed by atoms with van der Waals surface area (Å²) in [6.45, 7) is 7.24. The van der Waals surface area contributed by atoms with Gasteiger partial charge in [-0.1, -0.05) is 13.3 Å². The third-order valence-corrected chi connectivity index (χ3v) is 3.08. The Balaban J connectivity index is 2.55. The lowest BCUT2D eigenvalue weighted by Crippen LogP contribution is -2.38. The SMILES string of the molecule is CCCC1CCN(C(=O)C(C)(C)C#N)C1. The van der Waals surface area contributed by atoms with Gasteiger partial charge in [0.2, 0.25) is 5.91 Å². The van der Waals surface area contributed by atoms with Gasteiger partial charge in [-0.15, -0.1) is 0 Å². The molecule has 1 fully saturated rings. The van der Waals surface area contributed by atoms with Gasteiger partial charge in [-0.2, -0.15) is 5.26 Å². The third-order valence-electron chi connectivity index (χ3n) is 3.08. The van der Waals surface area contributed by atoms with E-state index >= 15 is 0 Å². The number of hydrogen-bond donors (Lipinski definition) is 0. The number of carbonyl (C=O) groups is 1. The van der Waals surface area contributed by atoms with Crippen LogP contribution in [-0.2, 0) is 4.79 Å². The van der Waals surface area contributed by atoms with Crippen molar-refractivity contribution >= 4 is 5.91 Å². The highest BCUT2D eigenvalue weighted by molar-refractivity contribution is 5.84. The minimum Gasteiger partial charge on any atom is -0.341 e. The fraction of sp³-hybridized carbons (Fsp3) is 0.833. The summed E-state index contributed by atoms with van der Waals surface area (Å²) in [7, 11) is 0. The number of hydrogen-bond acceptors (Lipinski definition) is 2. The number of rotatable bonds is 3. The average molecular weight is 208 g/mol. The Morgan fingerprint density at radius 2 is 2.27 bits per heavy atom. The second-order valence-corrected chi connectivity index (χ2v) is 4.93. The molecule has 0 N–H and O–H groups in total. The fourth-order valence-electron chi connectivity index (χ4n) is 2.10. The first-order chi connectivity index (χ1) is 7.01. The number of likely N-dealkylation sites (tertiary alicyclic amines) is 1. The Bertz CT molecular complexity index is 278. The van der Waals surface area contributed by atoms with Crippen LogP contribution in [0.5, 0.6) is 0 Å². The summed E-state index contributed by atoms with van der Waals surface area (Å²) in [6.07, 6.45) is 3.46. The highest BCUT2D eigenvalue weighted by Crippen LogP contribution is 2.26. The lowest BCUT2D eigenvalue weighted by molar-refractivity contribution is -0.136. The highest BCUT2D eigenvalue weighted by atomic mass is 16.2. The first-order valence-electron chi connectivity index (χ1n) is 5.72. The Morgan fingerprint density at radius 3 is 2.80 bits per heavy atom. The molecule has 1 atom stereocenters. The van der Waals surface area contributed by atoms with E-state index in [9.17, 15) is 4.79 Å². The summed E-state index contributed by atoms with van der Waals surface area (Å²) in [6, 6.07) is 2.07. The molecule has 15 heavy (non-hydrogen) atoms. The van der Waals surface area contributed by atoms with Crippen LogP contribution in [-0.4, -0.2) is 23.9 Å². The molecule has 1 rings (SSSR count). The first kappa shape index (κ1) is 12.0. The summed E-state index contributed by atoms with van der Waals surface area (Å²) in [5, 5.41) is 8.90. The molecule has 1 amide bonds. The molecule has 3 heteroatoms. The monoisotopic (exact) mass is 208 g/mol. The maximum atomic E-state index is 12.0. The number of carbonyl (C=O) groups excluding carboxylic acids is 1. The third kappa shape index (κ3) is 2.71. The van der Waals surface area contributed by atoms with E-state index in [2.05, 4.69) is 13.0 Å². The topological polar surface area (TPSA) is 44.1 Å². The van der Waals surface area contributed by atoms with Crippen molar-refractivity contribution < 1.29 is 4.79 Å². The molecular formula is C12H20N2O. The fourth-order valence-corrected chi connectivity index (χ4v) is 2.10. The largest absolute Gasteiger partial charge is 0.341 e. The molecule has 0 aliphatic carbocycles. The molecular weight excluding hydrogens is 188 g/mol. The molecule has 0 aromatic carbocycles. The van der Waals surface area contributed by atoms with Crippen LogP contribution < -0.4 is 0 Å². The van der Waals surface area contributed by atoms with Gasteiger partial charge in [0.05, 0.1) is 6.07 Å². The van der Waals surface area contributed by atoms with Gasteiger partial charge in [0.1, 0.15) is 5.41 Å². The molecule has 1 heterocycles. The van der Waals surface area contributed by atoms with Crippen LogP contribution in [0.15, 0.2) is 0 Å². The van der Waals surface area contributed by atoms with Crippen LogP contribution in [0.3, 0.4) is 0 Å². The second-order valence-electron chi connectivity index (χ2n) is 4.93. The molecule has 0 bridgehead atoms. The van der Waals surface area contributed by atoms with E-state index in [1.165, 1.54) is 12.8 Å². The Hall–Kier alpha value is -1.04. The van der Waals surface area contributed by atoms with Crippen LogP contribution in [0.4, 0.5) is 0 Å². The van der Waals surface area contributed by atoms with Crippen molar-refractivity contribution in [1.29, 1.82) is 5.26 Å². The quantitative estimate of drug-likeness (QED) is 0.713. The molecule has 0 radical (unpaired) electrons. The van der Waals surface area contributed by atoms with E-state index in [1.807, 2.05) is 4.90 Å². The van der Waals surface area contributed by atoms with E-state index in [4.69, 9.17) is 5.26 Å². The molecule has 0 aromatic rings.